The highest BCUT2D eigenvalue weighted by Gasteiger charge is 2.08. The summed E-state index contributed by atoms with van der Waals surface area (Å²) in [6.45, 7) is 7.81. The van der Waals surface area contributed by atoms with Gasteiger partial charge in [-0.1, -0.05) is 0 Å². The molecule has 0 saturated carbocycles. The largest absolute Gasteiger partial charge is 0.383 e. The maximum Gasteiger partial charge on any atom is 0.203 e. The second kappa shape index (κ2) is 10.6. The van der Waals surface area contributed by atoms with Crippen molar-refractivity contribution in [2.75, 3.05) is 46.0 Å². The SMILES string of the molecule is COCCOCCCCn1cc(C)nc1NC(C)COC. The van der Waals surface area contributed by atoms with Gasteiger partial charge in [0.15, 0.2) is 0 Å². The fourth-order valence-corrected chi connectivity index (χ4v) is 2.08. The summed E-state index contributed by atoms with van der Waals surface area (Å²) in [6, 6.07) is 0.243. The second-order valence-electron chi connectivity index (χ2n) is 5.21. The molecule has 0 aromatic carbocycles. The van der Waals surface area contributed by atoms with Crippen molar-refractivity contribution in [2.45, 2.75) is 39.3 Å². The Hall–Kier alpha value is -1.11. The quantitative estimate of drug-likeness (QED) is 0.599. The van der Waals surface area contributed by atoms with Gasteiger partial charge in [0, 0.05) is 39.6 Å². The van der Waals surface area contributed by atoms with Crippen LogP contribution < -0.4 is 5.32 Å². The van der Waals surface area contributed by atoms with Crippen LogP contribution in [0.15, 0.2) is 6.20 Å². The van der Waals surface area contributed by atoms with Crippen LogP contribution in [-0.2, 0) is 20.8 Å². The van der Waals surface area contributed by atoms with Crippen LogP contribution in [0.25, 0.3) is 0 Å². The second-order valence-corrected chi connectivity index (χ2v) is 5.21. The zero-order chi connectivity index (χ0) is 15.5. The molecule has 0 amide bonds. The van der Waals surface area contributed by atoms with E-state index in [0.29, 0.717) is 19.8 Å². The summed E-state index contributed by atoms with van der Waals surface area (Å²) in [5.74, 6) is 0.914. The molecule has 1 aromatic rings. The van der Waals surface area contributed by atoms with E-state index in [9.17, 15) is 0 Å². The topological polar surface area (TPSA) is 57.5 Å². The highest BCUT2D eigenvalue weighted by atomic mass is 16.5. The zero-order valence-electron chi connectivity index (χ0n) is 13.7. The van der Waals surface area contributed by atoms with Crippen LogP contribution in [0.3, 0.4) is 0 Å². The third-order valence-electron chi connectivity index (χ3n) is 3.06. The van der Waals surface area contributed by atoms with Crippen molar-refractivity contribution in [2.24, 2.45) is 0 Å². The summed E-state index contributed by atoms with van der Waals surface area (Å²) in [5, 5.41) is 3.38. The summed E-state index contributed by atoms with van der Waals surface area (Å²) < 4.78 is 17.7. The van der Waals surface area contributed by atoms with Crippen LogP contribution in [0.5, 0.6) is 0 Å². The van der Waals surface area contributed by atoms with E-state index in [1.54, 1.807) is 14.2 Å². The van der Waals surface area contributed by atoms with Gasteiger partial charge in [0.05, 0.1) is 25.5 Å². The van der Waals surface area contributed by atoms with Gasteiger partial charge in [0.1, 0.15) is 0 Å². The van der Waals surface area contributed by atoms with Crippen molar-refractivity contribution in [3.63, 3.8) is 0 Å². The van der Waals surface area contributed by atoms with E-state index in [0.717, 1.165) is 37.6 Å². The molecule has 1 unspecified atom stereocenters. The van der Waals surface area contributed by atoms with Gasteiger partial charge >= 0.3 is 0 Å². The van der Waals surface area contributed by atoms with E-state index in [1.165, 1.54) is 0 Å². The summed E-state index contributed by atoms with van der Waals surface area (Å²) in [6.07, 6.45) is 4.18. The van der Waals surface area contributed by atoms with E-state index < -0.39 is 0 Å². The lowest BCUT2D eigenvalue weighted by molar-refractivity contribution is 0.0684. The standard InChI is InChI=1S/C15H29N3O3/c1-13-11-18(7-5-6-8-21-10-9-19-3)15(16-13)17-14(2)12-20-4/h11,14H,5-10,12H2,1-4H3,(H,16,17). The van der Waals surface area contributed by atoms with Crippen LogP contribution in [0.1, 0.15) is 25.5 Å². The summed E-state index contributed by atoms with van der Waals surface area (Å²) >= 11 is 0. The lowest BCUT2D eigenvalue weighted by Crippen LogP contribution is -2.23. The molecule has 0 radical (unpaired) electrons. The van der Waals surface area contributed by atoms with Gasteiger partial charge < -0.3 is 24.1 Å². The van der Waals surface area contributed by atoms with E-state index in [1.807, 2.05) is 6.92 Å². The smallest absolute Gasteiger partial charge is 0.203 e. The first-order chi connectivity index (χ1) is 10.2. The Bertz CT molecular complexity index is 382. The molecule has 6 heteroatoms. The van der Waals surface area contributed by atoms with E-state index in [4.69, 9.17) is 14.2 Å². The average molecular weight is 299 g/mol. The number of nitrogens with zero attached hydrogens (tertiary/aromatic N) is 2. The fourth-order valence-electron chi connectivity index (χ4n) is 2.08. The third kappa shape index (κ3) is 7.45. The number of ether oxygens (including phenoxy) is 3. The Labute approximate surface area is 127 Å². The Morgan fingerprint density at radius 3 is 2.71 bits per heavy atom. The van der Waals surface area contributed by atoms with E-state index >= 15 is 0 Å². The fraction of sp³-hybridized carbons (Fsp3) is 0.800. The van der Waals surface area contributed by atoms with Crippen molar-refractivity contribution in [3.05, 3.63) is 11.9 Å². The molecule has 0 saturated heterocycles. The lowest BCUT2D eigenvalue weighted by Gasteiger charge is -2.15. The number of aromatic nitrogens is 2. The molecule has 6 nitrogen and oxygen atoms in total. The molecule has 122 valence electrons. The maximum absolute atomic E-state index is 5.46. The van der Waals surface area contributed by atoms with Gasteiger partial charge in [0.25, 0.3) is 0 Å². The molecule has 0 fully saturated rings. The van der Waals surface area contributed by atoms with Crippen molar-refractivity contribution in [1.82, 2.24) is 9.55 Å². The number of anilines is 1. The Kier molecular flexibility index (Phi) is 9.05. The predicted octanol–water partition coefficient (Wildman–Crippen LogP) is 2.08. The van der Waals surface area contributed by atoms with Crippen LogP contribution in [0.4, 0.5) is 5.95 Å². The molecule has 1 N–H and O–H groups in total. The molecule has 0 bridgehead atoms. The summed E-state index contributed by atoms with van der Waals surface area (Å²) in [4.78, 5) is 4.52. The molecule has 1 rings (SSSR count). The molecular weight excluding hydrogens is 270 g/mol. The number of nitrogens with one attached hydrogen (secondary N) is 1. The Balaban J connectivity index is 2.30. The highest BCUT2D eigenvalue weighted by molar-refractivity contribution is 5.29. The molecule has 0 aliphatic carbocycles. The normalized spacial score (nSPS) is 12.6. The number of unbranched alkanes of at least 4 members (excludes halogenated alkanes) is 1. The molecule has 0 aliphatic heterocycles. The predicted molar refractivity (Wildman–Crippen MR) is 83.9 cm³/mol. The molecule has 0 spiro atoms. The number of imidazole rings is 1. The van der Waals surface area contributed by atoms with Crippen LogP contribution >= 0.6 is 0 Å². The lowest BCUT2D eigenvalue weighted by atomic mass is 10.3. The van der Waals surface area contributed by atoms with Crippen molar-refractivity contribution < 1.29 is 14.2 Å². The minimum Gasteiger partial charge on any atom is -0.383 e. The number of hydrogen-bond donors (Lipinski definition) is 1. The van der Waals surface area contributed by atoms with Crippen molar-refractivity contribution >= 4 is 5.95 Å². The average Bonchev–Trinajstić information content (AvgIpc) is 2.78. The van der Waals surface area contributed by atoms with Crippen molar-refractivity contribution in [3.8, 4) is 0 Å². The van der Waals surface area contributed by atoms with E-state index in [2.05, 4.69) is 28.0 Å². The van der Waals surface area contributed by atoms with Gasteiger partial charge in [-0.2, -0.15) is 0 Å². The van der Waals surface area contributed by atoms with Crippen LogP contribution in [0.2, 0.25) is 0 Å². The first-order valence-electron chi connectivity index (χ1n) is 7.53. The molecular formula is C15H29N3O3. The minimum atomic E-state index is 0.243. The molecule has 1 heterocycles. The number of aryl methyl sites for hydroxylation is 2. The van der Waals surface area contributed by atoms with Gasteiger partial charge in [-0.25, -0.2) is 4.98 Å². The first-order valence-corrected chi connectivity index (χ1v) is 7.53. The van der Waals surface area contributed by atoms with Crippen LogP contribution in [-0.4, -0.2) is 56.2 Å². The summed E-state index contributed by atoms with van der Waals surface area (Å²) in [5.41, 5.74) is 1.03. The van der Waals surface area contributed by atoms with E-state index in [-0.39, 0.29) is 6.04 Å². The Morgan fingerprint density at radius 2 is 2.00 bits per heavy atom. The van der Waals surface area contributed by atoms with Crippen LogP contribution in [0, 0.1) is 6.92 Å². The highest BCUT2D eigenvalue weighted by Crippen LogP contribution is 2.11. The number of methoxy groups -OCH3 is 2. The van der Waals surface area contributed by atoms with Gasteiger partial charge in [0.2, 0.25) is 5.95 Å². The van der Waals surface area contributed by atoms with Gasteiger partial charge in [-0.15, -0.1) is 0 Å². The first kappa shape index (κ1) is 17.9. The van der Waals surface area contributed by atoms with Crippen molar-refractivity contribution in [1.29, 1.82) is 0 Å². The van der Waals surface area contributed by atoms with Gasteiger partial charge in [-0.3, -0.25) is 0 Å². The summed E-state index contributed by atoms with van der Waals surface area (Å²) in [7, 11) is 3.39. The molecule has 0 aliphatic rings. The molecule has 1 atom stereocenters. The monoisotopic (exact) mass is 299 g/mol. The van der Waals surface area contributed by atoms with Gasteiger partial charge in [-0.05, 0) is 26.7 Å². The molecule has 21 heavy (non-hydrogen) atoms. The molecule has 1 aromatic heterocycles. The number of hydrogen-bond acceptors (Lipinski definition) is 5. The Morgan fingerprint density at radius 1 is 1.19 bits per heavy atom. The third-order valence-corrected chi connectivity index (χ3v) is 3.06. The zero-order valence-corrected chi connectivity index (χ0v) is 13.7. The minimum absolute atomic E-state index is 0.243. The number of rotatable bonds is 12. The maximum atomic E-state index is 5.46.